The molecule has 2 aromatic rings. The molecular weight excluding hydrogens is 470 g/mol. The van der Waals surface area contributed by atoms with Crippen LogP contribution < -0.4 is 10.6 Å². The van der Waals surface area contributed by atoms with Gasteiger partial charge in [-0.25, -0.2) is 9.18 Å². The smallest absolute Gasteiger partial charge is 0.322 e. The molecule has 0 bridgehead atoms. The number of benzene rings is 2. The van der Waals surface area contributed by atoms with Gasteiger partial charge >= 0.3 is 6.03 Å². The molecule has 172 valence electrons. The fourth-order valence-electron chi connectivity index (χ4n) is 4.03. The Hall–Kier alpha value is -3.10. The standard InChI is InChI=1S/C23H21Cl2FN4O3/c1-2-30-18-12-29(10-9-19(31)27-15-6-4-14(26)5-7-15)22(32)20(18)21(28-23(30)33)16-8-3-13(24)11-17(16)25/h3-8,11,21H,2,9-10,12H2,1H3,(H,27,31)(H,28,33). The highest BCUT2D eigenvalue weighted by atomic mass is 35.5. The SMILES string of the molecule is CCN1C(=O)NC(c2ccc(Cl)cc2Cl)C2=C1CN(CCC(=O)Nc1ccc(F)cc1)C2=O. The molecule has 1 atom stereocenters. The van der Waals surface area contributed by atoms with Gasteiger partial charge in [-0.15, -0.1) is 0 Å². The highest BCUT2D eigenvalue weighted by Crippen LogP contribution is 2.39. The van der Waals surface area contributed by atoms with Gasteiger partial charge in [0.1, 0.15) is 5.82 Å². The van der Waals surface area contributed by atoms with Crippen molar-refractivity contribution in [2.24, 2.45) is 0 Å². The molecule has 10 heteroatoms. The molecule has 0 saturated carbocycles. The van der Waals surface area contributed by atoms with E-state index in [0.29, 0.717) is 39.1 Å². The number of anilines is 1. The van der Waals surface area contributed by atoms with E-state index in [1.807, 2.05) is 6.92 Å². The molecule has 1 unspecified atom stereocenters. The van der Waals surface area contributed by atoms with Crippen LogP contribution in [0, 0.1) is 5.82 Å². The first kappa shape index (κ1) is 23.1. The number of nitrogens with zero attached hydrogens (tertiary/aromatic N) is 2. The summed E-state index contributed by atoms with van der Waals surface area (Å²) in [5.41, 5.74) is 2.07. The van der Waals surface area contributed by atoms with E-state index < -0.39 is 11.9 Å². The molecule has 0 aliphatic carbocycles. The summed E-state index contributed by atoms with van der Waals surface area (Å²) in [6.07, 6.45) is 0.0452. The zero-order valence-corrected chi connectivity index (χ0v) is 19.2. The fourth-order valence-corrected chi connectivity index (χ4v) is 4.54. The number of amides is 4. The van der Waals surface area contributed by atoms with Crippen LogP contribution in [0.2, 0.25) is 10.0 Å². The highest BCUT2D eigenvalue weighted by molar-refractivity contribution is 6.35. The summed E-state index contributed by atoms with van der Waals surface area (Å²) < 4.78 is 13.0. The second-order valence-corrected chi connectivity index (χ2v) is 8.53. The number of hydrogen-bond acceptors (Lipinski definition) is 3. The molecule has 0 aromatic heterocycles. The summed E-state index contributed by atoms with van der Waals surface area (Å²) in [6, 6.07) is 9.30. The van der Waals surface area contributed by atoms with Gasteiger partial charge in [0, 0.05) is 35.2 Å². The van der Waals surface area contributed by atoms with E-state index in [4.69, 9.17) is 23.2 Å². The average Bonchev–Trinajstić information content (AvgIpc) is 3.10. The van der Waals surface area contributed by atoms with Crippen LogP contribution in [-0.4, -0.2) is 47.3 Å². The Labute approximate surface area is 200 Å². The largest absolute Gasteiger partial charge is 0.332 e. The summed E-state index contributed by atoms with van der Waals surface area (Å²) in [7, 11) is 0. The normalized spacial score (nSPS) is 17.9. The summed E-state index contributed by atoms with van der Waals surface area (Å²) in [4.78, 5) is 41.5. The summed E-state index contributed by atoms with van der Waals surface area (Å²) >= 11 is 12.4. The highest BCUT2D eigenvalue weighted by Gasteiger charge is 2.44. The predicted molar refractivity (Wildman–Crippen MR) is 123 cm³/mol. The van der Waals surface area contributed by atoms with Crippen molar-refractivity contribution in [1.29, 1.82) is 0 Å². The molecule has 0 fully saturated rings. The predicted octanol–water partition coefficient (Wildman–Crippen LogP) is 4.34. The topological polar surface area (TPSA) is 81.8 Å². The van der Waals surface area contributed by atoms with E-state index in [2.05, 4.69) is 10.6 Å². The number of rotatable bonds is 6. The van der Waals surface area contributed by atoms with Gasteiger partial charge in [-0.05, 0) is 48.9 Å². The molecule has 4 amide bonds. The van der Waals surface area contributed by atoms with Crippen LogP contribution >= 0.6 is 23.2 Å². The summed E-state index contributed by atoms with van der Waals surface area (Å²) in [6.45, 7) is 2.58. The number of likely N-dealkylation sites (N-methyl/N-ethyl adjacent to an activating group) is 1. The molecule has 33 heavy (non-hydrogen) atoms. The minimum absolute atomic E-state index is 0.0452. The third kappa shape index (κ3) is 4.67. The first-order chi connectivity index (χ1) is 15.8. The maximum absolute atomic E-state index is 13.3. The first-order valence-corrected chi connectivity index (χ1v) is 11.1. The molecule has 0 spiro atoms. The number of halogens is 3. The van der Waals surface area contributed by atoms with Crippen molar-refractivity contribution in [3.8, 4) is 0 Å². The average molecular weight is 491 g/mol. The Morgan fingerprint density at radius 3 is 2.58 bits per heavy atom. The summed E-state index contributed by atoms with van der Waals surface area (Å²) in [5, 5.41) is 6.33. The monoisotopic (exact) mass is 490 g/mol. The molecule has 2 aliphatic heterocycles. The lowest BCUT2D eigenvalue weighted by molar-refractivity contribution is -0.126. The first-order valence-electron chi connectivity index (χ1n) is 10.4. The van der Waals surface area contributed by atoms with Gasteiger partial charge in [0.05, 0.1) is 23.9 Å². The quantitative estimate of drug-likeness (QED) is 0.631. The second kappa shape index (κ2) is 9.41. The van der Waals surface area contributed by atoms with Crippen LogP contribution in [0.1, 0.15) is 24.9 Å². The van der Waals surface area contributed by atoms with Crippen molar-refractivity contribution in [3.63, 3.8) is 0 Å². The third-order valence-corrected chi connectivity index (χ3v) is 6.19. The Balaban J connectivity index is 1.52. The number of carbonyl (C=O) groups is 3. The minimum Gasteiger partial charge on any atom is -0.332 e. The molecule has 2 aliphatic rings. The van der Waals surface area contributed by atoms with Crippen LogP contribution in [0.4, 0.5) is 14.9 Å². The van der Waals surface area contributed by atoms with E-state index >= 15 is 0 Å². The second-order valence-electron chi connectivity index (χ2n) is 7.68. The zero-order chi connectivity index (χ0) is 23.7. The Bertz CT molecular complexity index is 1150. The van der Waals surface area contributed by atoms with E-state index in [-0.39, 0.29) is 37.4 Å². The van der Waals surface area contributed by atoms with Crippen molar-refractivity contribution in [3.05, 3.63) is 75.2 Å². The molecule has 0 radical (unpaired) electrons. The van der Waals surface area contributed by atoms with Crippen molar-refractivity contribution < 1.29 is 18.8 Å². The van der Waals surface area contributed by atoms with Gasteiger partial charge < -0.3 is 15.5 Å². The van der Waals surface area contributed by atoms with Gasteiger partial charge in [0.25, 0.3) is 5.91 Å². The van der Waals surface area contributed by atoms with E-state index in [1.165, 1.54) is 34.1 Å². The van der Waals surface area contributed by atoms with Gasteiger partial charge in [-0.3, -0.25) is 14.5 Å². The molecule has 4 rings (SSSR count). The number of hydrogen-bond donors (Lipinski definition) is 2. The molecule has 7 nitrogen and oxygen atoms in total. The lowest BCUT2D eigenvalue weighted by Gasteiger charge is -2.33. The summed E-state index contributed by atoms with van der Waals surface area (Å²) in [5.74, 6) is -0.974. The van der Waals surface area contributed by atoms with E-state index in [1.54, 1.807) is 18.2 Å². The third-order valence-electron chi connectivity index (χ3n) is 5.62. The maximum atomic E-state index is 13.3. The van der Waals surface area contributed by atoms with Gasteiger partial charge in [0.2, 0.25) is 5.91 Å². The maximum Gasteiger partial charge on any atom is 0.322 e. The molecular formula is C23H21Cl2FN4O3. The molecule has 2 aromatic carbocycles. The van der Waals surface area contributed by atoms with Gasteiger partial charge in [-0.1, -0.05) is 29.3 Å². The van der Waals surface area contributed by atoms with Crippen LogP contribution in [0.25, 0.3) is 0 Å². The van der Waals surface area contributed by atoms with Crippen molar-refractivity contribution in [1.82, 2.24) is 15.1 Å². The van der Waals surface area contributed by atoms with Crippen LogP contribution in [-0.2, 0) is 9.59 Å². The fraction of sp³-hybridized carbons (Fsp3) is 0.261. The Morgan fingerprint density at radius 2 is 1.91 bits per heavy atom. The van der Waals surface area contributed by atoms with Crippen LogP contribution in [0.3, 0.4) is 0 Å². The van der Waals surface area contributed by atoms with Crippen LogP contribution in [0.5, 0.6) is 0 Å². The van der Waals surface area contributed by atoms with Crippen molar-refractivity contribution in [2.45, 2.75) is 19.4 Å². The van der Waals surface area contributed by atoms with Gasteiger partial charge in [0.15, 0.2) is 0 Å². The zero-order valence-electron chi connectivity index (χ0n) is 17.7. The van der Waals surface area contributed by atoms with Gasteiger partial charge in [-0.2, -0.15) is 0 Å². The lowest BCUT2D eigenvalue weighted by Crippen LogP contribution is -2.47. The van der Waals surface area contributed by atoms with Crippen molar-refractivity contribution >= 4 is 46.7 Å². The van der Waals surface area contributed by atoms with E-state index in [9.17, 15) is 18.8 Å². The molecule has 2 heterocycles. The van der Waals surface area contributed by atoms with E-state index in [0.717, 1.165) is 0 Å². The number of carbonyl (C=O) groups excluding carboxylic acids is 3. The lowest BCUT2D eigenvalue weighted by atomic mass is 9.95. The number of nitrogens with one attached hydrogen (secondary N) is 2. The Kier molecular flexibility index (Phi) is 6.58. The molecule has 2 N–H and O–H groups in total. The van der Waals surface area contributed by atoms with Crippen LogP contribution in [0.15, 0.2) is 53.7 Å². The molecule has 0 saturated heterocycles. The number of urea groups is 1. The Morgan fingerprint density at radius 1 is 1.18 bits per heavy atom. The van der Waals surface area contributed by atoms with Crippen molar-refractivity contribution in [2.75, 3.05) is 25.0 Å². The minimum atomic E-state index is -0.717.